The number of hydrogen-bond donors (Lipinski definition) is 1. The molecule has 3 aliphatic carbocycles. The van der Waals surface area contributed by atoms with Crippen LogP contribution in [0, 0.1) is 11.8 Å². The fourth-order valence-corrected chi connectivity index (χ4v) is 6.77. The molecule has 1 N–H and O–H groups in total. The summed E-state index contributed by atoms with van der Waals surface area (Å²) in [6.07, 6.45) is 36.8. The summed E-state index contributed by atoms with van der Waals surface area (Å²) in [4.78, 5) is 0. The Morgan fingerprint density at radius 2 is 1.03 bits per heavy atom. The van der Waals surface area contributed by atoms with Crippen LogP contribution in [-0.2, 0) is 4.74 Å². The summed E-state index contributed by atoms with van der Waals surface area (Å²) in [7, 11) is 0. The van der Waals surface area contributed by atoms with Gasteiger partial charge in [0.2, 0.25) is 0 Å². The van der Waals surface area contributed by atoms with Crippen molar-refractivity contribution in [3.63, 3.8) is 0 Å². The van der Waals surface area contributed by atoms with Crippen LogP contribution in [0.3, 0.4) is 0 Å². The van der Waals surface area contributed by atoms with Crippen LogP contribution in [0.25, 0.3) is 0 Å². The van der Waals surface area contributed by atoms with Gasteiger partial charge < -0.3 is 9.84 Å². The van der Waals surface area contributed by atoms with E-state index in [0.717, 1.165) is 37.7 Å². The maximum atomic E-state index is 10.7. The van der Waals surface area contributed by atoms with Gasteiger partial charge in [0.15, 0.2) is 0 Å². The molecule has 2 heteroatoms. The predicted octanol–water partition coefficient (Wildman–Crippen LogP) is 10.5. The van der Waals surface area contributed by atoms with Crippen LogP contribution in [-0.4, -0.2) is 23.9 Å². The van der Waals surface area contributed by atoms with Gasteiger partial charge in [-0.1, -0.05) is 142 Å². The molecular weight excluding hydrogens is 428 g/mol. The zero-order valence-corrected chi connectivity index (χ0v) is 24.0. The molecule has 2 atom stereocenters. The molecule has 35 heavy (non-hydrogen) atoms. The summed E-state index contributed by atoms with van der Waals surface area (Å²) in [6.45, 7) is 3.24. The molecule has 3 aliphatic rings. The minimum Gasteiger partial charge on any atom is -0.393 e. The molecule has 0 aromatic heterocycles. The quantitative estimate of drug-likeness (QED) is 0.217. The summed E-state index contributed by atoms with van der Waals surface area (Å²) in [5, 5.41) is 10.7. The highest BCUT2D eigenvalue weighted by molar-refractivity contribution is 4.77. The van der Waals surface area contributed by atoms with Crippen molar-refractivity contribution in [2.75, 3.05) is 6.61 Å². The summed E-state index contributed by atoms with van der Waals surface area (Å²) in [5.74, 6) is 1.48. The molecule has 3 saturated carbocycles. The first kappa shape index (κ1) is 31.1. The van der Waals surface area contributed by atoms with Gasteiger partial charge in [-0.2, -0.15) is 0 Å². The van der Waals surface area contributed by atoms with Crippen LogP contribution in [0.4, 0.5) is 0 Å². The molecule has 0 aliphatic heterocycles. The van der Waals surface area contributed by atoms with Crippen LogP contribution >= 0.6 is 0 Å². The van der Waals surface area contributed by atoms with Crippen LogP contribution in [0.1, 0.15) is 180 Å². The van der Waals surface area contributed by atoms with Gasteiger partial charge >= 0.3 is 0 Å². The standard InChI is InChI=1S/C33H64O2/c1-2-3-4-5-6-7-8-9-10-11-12-13-14-21-28-35-33-27-26-32(34)29-30-22-17-15-19-24-31(33)25-20-16-18-23-30/h30-34H,2-29H2,1H3. The first-order valence-electron chi connectivity index (χ1n) is 16.6. The van der Waals surface area contributed by atoms with Crippen LogP contribution < -0.4 is 0 Å². The van der Waals surface area contributed by atoms with E-state index in [4.69, 9.17) is 4.74 Å². The summed E-state index contributed by atoms with van der Waals surface area (Å²) in [6, 6.07) is 0. The Morgan fingerprint density at radius 1 is 0.543 bits per heavy atom. The number of fused-ring (bicyclic) bond motifs is 12. The molecule has 2 unspecified atom stereocenters. The molecule has 2 nitrogen and oxygen atoms in total. The number of aliphatic hydroxyl groups is 1. The monoisotopic (exact) mass is 492 g/mol. The SMILES string of the molecule is CCCCCCCCCCCCCCCCOC1CCC(O)CC2CCCCCC1CCCCC2. The Morgan fingerprint density at radius 3 is 1.57 bits per heavy atom. The molecule has 208 valence electrons. The molecule has 0 heterocycles. The van der Waals surface area contributed by atoms with E-state index >= 15 is 0 Å². The maximum absolute atomic E-state index is 10.7. The highest BCUT2D eigenvalue weighted by atomic mass is 16.5. The molecular formula is C33H64O2. The Labute approximate surface area is 220 Å². The maximum Gasteiger partial charge on any atom is 0.0604 e. The normalized spacial score (nSPS) is 26.9. The second-order valence-corrected chi connectivity index (χ2v) is 12.4. The lowest BCUT2D eigenvalue weighted by molar-refractivity contribution is -0.0139. The smallest absolute Gasteiger partial charge is 0.0604 e. The lowest BCUT2D eigenvalue weighted by Crippen LogP contribution is -2.28. The van der Waals surface area contributed by atoms with Gasteiger partial charge in [-0.15, -0.1) is 0 Å². The van der Waals surface area contributed by atoms with Crippen molar-refractivity contribution in [2.24, 2.45) is 11.8 Å². The van der Waals surface area contributed by atoms with Gasteiger partial charge in [0.25, 0.3) is 0 Å². The van der Waals surface area contributed by atoms with E-state index in [1.807, 2.05) is 0 Å². The first-order chi connectivity index (χ1) is 17.3. The van der Waals surface area contributed by atoms with Gasteiger partial charge in [-0.05, 0) is 50.4 Å². The highest BCUT2D eigenvalue weighted by Crippen LogP contribution is 2.32. The lowest BCUT2D eigenvalue weighted by Gasteiger charge is -2.31. The second-order valence-electron chi connectivity index (χ2n) is 12.4. The largest absolute Gasteiger partial charge is 0.393 e. The van der Waals surface area contributed by atoms with Crippen molar-refractivity contribution in [2.45, 2.75) is 192 Å². The van der Waals surface area contributed by atoms with E-state index < -0.39 is 0 Å². The fraction of sp³-hybridized carbons (Fsp3) is 1.00. The Balaban J connectivity index is 1.56. The highest BCUT2D eigenvalue weighted by Gasteiger charge is 2.25. The third-order valence-electron chi connectivity index (χ3n) is 9.12. The average molecular weight is 493 g/mol. The second kappa shape index (κ2) is 22.0. The molecule has 3 fully saturated rings. The zero-order valence-electron chi connectivity index (χ0n) is 24.0. The van der Waals surface area contributed by atoms with Crippen molar-refractivity contribution in [1.82, 2.24) is 0 Å². The summed E-state index contributed by atoms with van der Waals surface area (Å²) >= 11 is 0. The number of unbranched alkanes of at least 4 members (excludes halogenated alkanes) is 13. The van der Waals surface area contributed by atoms with Crippen LogP contribution in [0.2, 0.25) is 0 Å². The third kappa shape index (κ3) is 16.4. The minimum atomic E-state index is -0.105. The van der Waals surface area contributed by atoms with Gasteiger partial charge in [0, 0.05) is 6.61 Å². The number of hydrogen-bond acceptors (Lipinski definition) is 2. The van der Waals surface area contributed by atoms with Crippen LogP contribution in [0.5, 0.6) is 0 Å². The first-order valence-corrected chi connectivity index (χ1v) is 16.6. The van der Waals surface area contributed by atoms with E-state index in [0.29, 0.717) is 6.10 Å². The Kier molecular flexibility index (Phi) is 19.5. The summed E-state index contributed by atoms with van der Waals surface area (Å²) in [5.41, 5.74) is 0. The van der Waals surface area contributed by atoms with Gasteiger partial charge in [-0.25, -0.2) is 0 Å². The zero-order chi connectivity index (χ0) is 24.8. The van der Waals surface area contributed by atoms with E-state index in [2.05, 4.69) is 6.92 Å². The molecule has 0 saturated heterocycles. The predicted molar refractivity (Wildman–Crippen MR) is 153 cm³/mol. The van der Waals surface area contributed by atoms with E-state index in [1.165, 1.54) is 154 Å². The molecule has 2 bridgehead atoms. The van der Waals surface area contributed by atoms with Crippen molar-refractivity contribution in [3.05, 3.63) is 0 Å². The molecule has 3 rings (SSSR count). The van der Waals surface area contributed by atoms with Crippen molar-refractivity contribution >= 4 is 0 Å². The average Bonchev–Trinajstić information content (AvgIpc) is 2.84. The molecule has 0 radical (unpaired) electrons. The summed E-state index contributed by atoms with van der Waals surface area (Å²) < 4.78 is 6.59. The van der Waals surface area contributed by atoms with Crippen molar-refractivity contribution in [3.8, 4) is 0 Å². The number of aliphatic hydroxyl groups excluding tert-OH is 1. The molecule has 0 aromatic rings. The van der Waals surface area contributed by atoms with Gasteiger partial charge in [-0.3, -0.25) is 0 Å². The van der Waals surface area contributed by atoms with E-state index in [9.17, 15) is 5.11 Å². The van der Waals surface area contributed by atoms with Crippen molar-refractivity contribution < 1.29 is 9.84 Å². The topological polar surface area (TPSA) is 29.5 Å². The van der Waals surface area contributed by atoms with Gasteiger partial charge in [0.1, 0.15) is 0 Å². The fourth-order valence-electron chi connectivity index (χ4n) is 6.77. The Hall–Kier alpha value is -0.0800. The van der Waals surface area contributed by atoms with E-state index in [1.54, 1.807) is 0 Å². The van der Waals surface area contributed by atoms with E-state index in [-0.39, 0.29) is 6.10 Å². The third-order valence-corrected chi connectivity index (χ3v) is 9.12. The molecule has 0 amide bonds. The lowest BCUT2D eigenvalue weighted by atomic mass is 9.82. The minimum absolute atomic E-state index is 0.105. The number of ether oxygens (including phenoxy) is 1. The molecule has 0 spiro atoms. The van der Waals surface area contributed by atoms with Gasteiger partial charge in [0.05, 0.1) is 12.2 Å². The van der Waals surface area contributed by atoms with Crippen molar-refractivity contribution in [1.29, 1.82) is 0 Å². The molecule has 0 aromatic carbocycles. The Bertz CT molecular complexity index is 436. The number of rotatable bonds is 16. The van der Waals surface area contributed by atoms with Crippen LogP contribution in [0.15, 0.2) is 0 Å².